The van der Waals surface area contributed by atoms with Crippen LogP contribution >= 0.6 is 0 Å². The molecule has 0 N–H and O–H groups in total. The zero-order chi connectivity index (χ0) is 9.40. The van der Waals surface area contributed by atoms with Crippen LogP contribution in [0, 0.1) is 0 Å². The summed E-state index contributed by atoms with van der Waals surface area (Å²) in [6, 6.07) is 0. The zero-order valence-electron chi connectivity index (χ0n) is 8.38. The molecule has 72 valence electrons. The second-order valence-corrected chi connectivity index (χ2v) is 5.32. The lowest BCUT2D eigenvalue weighted by molar-refractivity contribution is 0.205. The highest BCUT2D eigenvalue weighted by molar-refractivity contribution is 6.46. The molecule has 0 amide bonds. The van der Waals surface area contributed by atoms with Gasteiger partial charge in [0.15, 0.2) is 0 Å². The molecule has 2 nitrogen and oxygen atoms in total. The summed E-state index contributed by atoms with van der Waals surface area (Å²) in [5.74, 6) is 0. The van der Waals surface area contributed by atoms with E-state index in [-0.39, 0.29) is 0 Å². The van der Waals surface area contributed by atoms with E-state index in [0.717, 1.165) is 19.6 Å². The van der Waals surface area contributed by atoms with Crippen molar-refractivity contribution >= 4 is 9.28 Å². The molecule has 1 unspecified atom stereocenters. The molecule has 3 heteroatoms. The van der Waals surface area contributed by atoms with Gasteiger partial charge < -0.3 is 8.85 Å². The number of hydrogen-bond donors (Lipinski definition) is 0. The van der Waals surface area contributed by atoms with Crippen molar-refractivity contribution < 1.29 is 8.85 Å². The monoisotopic (exact) mass is 188 g/mol. The fraction of sp³-hybridized carbons (Fsp3) is 0.778. The van der Waals surface area contributed by atoms with Gasteiger partial charge in [0.25, 0.3) is 0 Å². The van der Waals surface area contributed by atoms with Crippen LogP contribution in [0.2, 0.25) is 5.54 Å². The van der Waals surface area contributed by atoms with Gasteiger partial charge in [-0.15, -0.1) is 6.58 Å². The molecule has 0 saturated carbocycles. The van der Waals surface area contributed by atoms with Crippen molar-refractivity contribution in [1.29, 1.82) is 0 Å². The fourth-order valence-electron chi connectivity index (χ4n) is 1.08. The Hall–Kier alpha value is -0.123. The van der Waals surface area contributed by atoms with E-state index in [4.69, 9.17) is 8.85 Å². The summed E-state index contributed by atoms with van der Waals surface area (Å²) in [6.45, 7) is 11.4. The molecule has 0 spiro atoms. The molecule has 0 aromatic heterocycles. The first-order valence-corrected chi connectivity index (χ1v) is 6.21. The lowest BCUT2D eigenvalue weighted by atomic mass is 10.3. The number of hydrogen-bond acceptors (Lipinski definition) is 2. The van der Waals surface area contributed by atoms with Gasteiger partial charge in [0.1, 0.15) is 0 Å². The molecule has 0 aromatic carbocycles. The highest BCUT2D eigenvalue weighted by atomic mass is 28.3. The average Bonchev–Trinajstić information content (AvgIpc) is 2.04. The third-order valence-corrected chi connectivity index (χ3v) is 4.19. The van der Waals surface area contributed by atoms with Crippen LogP contribution in [0.4, 0.5) is 0 Å². The lowest BCUT2D eigenvalue weighted by Gasteiger charge is -2.19. The molecule has 0 heterocycles. The van der Waals surface area contributed by atoms with Crippen molar-refractivity contribution in [2.24, 2.45) is 0 Å². The van der Waals surface area contributed by atoms with Crippen LogP contribution in [-0.2, 0) is 8.85 Å². The molecule has 0 aliphatic heterocycles. The molecular weight excluding hydrogens is 168 g/mol. The van der Waals surface area contributed by atoms with E-state index in [1.54, 1.807) is 0 Å². The average molecular weight is 188 g/mol. The first-order valence-electron chi connectivity index (χ1n) is 4.60. The first kappa shape index (κ1) is 11.9. The first-order chi connectivity index (χ1) is 5.76. The Kier molecular flexibility index (Phi) is 7.44. The Bertz CT molecular complexity index is 111. The molecular formula is C9H20O2Si. The topological polar surface area (TPSA) is 18.5 Å². The van der Waals surface area contributed by atoms with Gasteiger partial charge in [-0.3, -0.25) is 0 Å². The Morgan fingerprint density at radius 2 is 1.83 bits per heavy atom. The van der Waals surface area contributed by atoms with Crippen molar-refractivity contribution in [2.45, 2.75) is 32.7 Å². The smallest absolute Gasteiger partial charge is 0.324 e. The minimum Gasteiger partial charge on any atom is -0.397 e. The minimum absolute atomic E-state index is 0.530. The SMILES string of the molecule is C=CCC(C)[SiH](OCC)OCC. The van der Waals surface area contributed by atoms with E-state index in [2.05, 4.69) is 13.5 Å². The molecule has 0 aliphatic rings. The van der Waals surface area contributed by atoms with Gasteiger partial charge in [0, 0.05) is 18.8 Å². The van der Waals surface area contributed by atoms with Crippen LogP contribution in [0.1, 0.15) is 27.2 Å². The molecule has 1 atom stereocenters. The summed E-state index contributed by atoms with van der Waals surface area (Å²) < 4.78 is 11.1. The lowest BCUT2D eigenvalue weighted by Crippen LogP contribution is -2.27. The Balaban J connectivity index is 3.80. The molecule has 0 radical (unpaired) electrons. The van der Waals surface area contributed by atoms with E-state index in [9.17, 15) is 0 Å². The van der Waals surface area contributed by atoms with Gasteiger partial charge >= 0.3 is 9.28 Å². The molecule has 0 rings (SSSR count). The van der Waals surface area contributed by atoms with Crippen LogP contribution in [0.5, 0.6) is 0 Å². The summed E-state index contributed by atoms with van der Waals surface area (Å²) >= 11 is 0. The Labute approximate surface area is 77.4 Å². The summed E-state index contributed by atoms with van der Waals surface area (Å²) in [5, 5.41) is 0. The van der Waals surface area contributed by atoms with E-state index in [0.29, 0.717) is 5.54 Å². The molecule has 0 aliphatic carbocycles. The normalized spacial score (nSPS) is 13.3. The van der Waals surface area contributed by atoms with Crippen molar-refractivity contribution in [3.63, 3.8) is 0 Å². The Morgan fingerprint density at radius 3 is 2.17 bits per heavy atom. The maximum absolute atomic E-state index is 5.57. The second kappa shape index (κ2) is 7.52. The maximum atomic E-state index is 5.57. The maximum Gasteiger partial charge on any atom is 0.324 e. The number of rotatable bonds is 7. The number of allylic oxidation sites excluding steroid dienone is 1. The molecule has 0 fully saturated rings. The predicted molar refractivity (Wildman–Crippen MR) is 54.6 cm³/mol. The standard InChI is InChI=1S/C9H20O2Si/c1-5-8-9(4)12(10-6-2)11-7-3/h5,9,12H,1,6-8H2,2-4H3. The summed E-state index contributed by atoms with van der Waals surface area (Å²) in [5.41, 5.74) is 0.530. The highest BCUT2D eigenvalue weighted by Crippen LogP contribution is 2.16. The Morgan fingerprint density at radius 1 is 1.33 bits per heavy atom. The summed E-state index contributed by atoms with van der Waals surface area (Å²) in [4.78, 5) is 0. The predicted octanol–water partition coefficient (Wildman–Crippen LogP) is 2.25. The van der Waals surface area contributed by atoms with Gasteiger partial charge in [-0.25, -0.2) is 0 Å². The fourth-order valence-corrected chi connectivity index (χ4v) is 2.90. The molecule has 0 aromatic rings. The molecule has 0 saturated heterocycles. The molecule has 0 bridgehead atoms. The van der Waals surface area contributed by atoms with Gasteiger partial charge in [-0.1, -0.05) is 13.0 Å². The van der Waals surface area contributed by atoms with Crippen LogP contribution in [0.25, 0.3) is 0 Å². The van der Waals surface area contributed by atoms with Crippen LogP contribution in [-0.4, -0.2) is 22.5 Å². The third-order valence-electron chi connectivity index (χ3n) is 1.66. The van der Waals surface area contributed by atoms with Crippen molar-refractivity contribution in [3.8, 4) is 0 Å². The quantitative estimate of drug-likeness (QED) is 0.450. The zero-order valence-corrected chi connectivity index (χ0v) is 9.53. The van der Waals surface area contributed by atoms with Crippen molar-refractivity contribution in [1.82, 2.24) is 0 Å². The molecule has 12 heavy (non-hydrogen) atoms. The third kappa shape index (κ3) is 4.69. The van der Waals surface area contributed by atoms with Gasteiger partial charge in [-0.2, -0.15) is 0 Å². The van der Waals surface area contributed by atoms with Crippen molar-refractivity contribution in [2.75, 3.05) is 13.2 Å². The van der Waals surface area contributed by atoms with E-state index in [1.165, 1.54) is 0 Å². The van der Waals surface area contributed by atoms with E-state index < -0.39 is 9.28 Å². The van der Waals surface area contributed by atoms with E-state index >= 15 is 0 Å². The summed E-state index contributed by atoms with van der Waals surface area (Å²) in [7, 11) is -1.42. The van der Waals surface area contributed by atoms with Crippen molar-refractivity contribution in [3.05, 3.63) is 12.7 Å². The van der Waals surface area contributed by atoms with Crippen LogP contribution in [0.3, 0.4) is 0 Å². The van der Waals surface area contributed by atoms with Gasteiger partial charge in [0.2, 0.25) is 0 Å². The minimum atomic E-state index is -1.42. The highest BCUT2D eigenvalue weighted by Gasteiger charge is 2.19. The summed E-state index contributed by atoms with van der Waals surface area (Å²) in [6.07, 6.45) is 2.93. The van der Waals surface area contributed by atoms with Gasteiger partial charge in [-0.05, 0) is 20.3 Å². The van der Waals surface area contributed by atoms with Crippen LogP contribution in [0.15, 0.2) is 12.7 Å². The second-order valence-electron chi connectivity index (χ2n) is 2.78. The largest absolute Gasteiger partial charge is 0.397 e. The van der Waals surface area contributed by atoms with Gasteiger partial charge in [0.05, 0.1) is 0 Å². The van der Waals surface area contributed by atoms with Crippen LogP contribution < -0.4 is 0 Å². The van der Waals surface area contributed by atoms with E-state index in [1.807, 2.05) is 19.9 Å².